The molecule has 0 bridgehead atoms. The molecule has 1 heterocycles. The summed E-state index contributed by atoms with van der Waals surface area (Å²) in [6.07, 6.45) is -4.44. The minimum atomic E-state index is -4.28. The van der Waals surface area contributed by atoms with Crippen molar-refractivity contribution in [3.05, 3.63) is 17.0 Å². The molecule has 0 spiro atoms. The van der Waals surface area contributed by atoms with E-state index in [0.29, 0.717) is 13.0 Å². The topological polar surface area (TPSA) is 47.3 Å². The summed E-state index contributed by atoms with van der Waals surface area (Å²) in [6.45, 7) is 4.57. The fraction of sp³-hybridized carbons (Fsp3) is 0.750. The van der Waals surface area contributed by atoms with E-state index < -0.39 is 18.9 Å². The van der Waals surface area contributed by atoms with E-state index in [9.17, 15) is 18.3 Å². The van der Waals surface area contributed by atoms with E-state index in [1.807, 2.05) is 6.92 Å². The van der Waals surface area contributed by atoms with Crippen LogP contribution in [0.5, 0.6) is 0 Å². The normalized spacial score (nSPS) is 13.8. The first-order chi connectivity index (χ1) is 8.72. The van der Waals surface area contributed by atoms with E-state index in [1.54, 1.807) is 18.5 Å². The van der Waals surface area contributed by atoms with Crippen LogP contribution in [0.25, 0.3) is 0 Å². The first kappa shape index (κ1) is 16.0. The van der Waals surface area contributed by atoms with Crippen LogP contribution in [0, 0.1) is 13.8 Å². The van der Waals surface area contributed by atoms with Gasteiger partial charge >= 0.3 is 6.18 Å². The van der Waals surface area contributed by atoms with Crippen LogP contribution in [0.15, 0.2) is 0 Å². The molecule has 110 valence electrons. The predicted molar refractivity (Wildman–Crippen MR) is 63.8 cm³/mol. The van der Waals surface area contributed by atoms with Gasteiger partial charge in [-0.2, -0.15) is 18.3 Å². The van der Waals surface area contributed by atoms with Gasteiger partial charge in [-0.1, -0.05) is 0 Å². The molecule has 0 saturated heterocycles. The molecule has 7 heteroatoms. The summed E-state index contributed by atoms with van der Waals surface area (Å²) >= 11 is 0. The van der Waals surface area contributed by atoms with Gasteiger partial charge in [0.1, 0.15) is 6.61 Å². The van der Waals surface area contributed by atoms with Crippen LogP contribution in [0.2, 0.25) is 0 Å². The van der Waals surface area contributed by atoms with Crippen molar-refractivity contribution in [3.8, 4) is 0 Å². The molecule has 0 radical (unpaired) electrons. The van der Waals surface area contributed by atoms with E-state index in [0.717, 1.165) is 17.0 Å². The summed E-state index contributed by atoms with van der Waals surface area (Å²) in [4.78, 5) is 0. The third kappa shape index (κ3) is 4.83. The minimum Gasteiger partial charge on any atom is -0.389 e. The second-order valence-corrected chi connectivity index (χ2v) is 4.50. The Morgan fingerprint density at radius 1 is 1.37 bits per heavy atom. The molecule has 0 saturated carbocycles. The molecule has 0 amide bonds. The Morgan fingerprint density at radius 3 is 2.47 bits per heavy atom. The van der Waals surface area contributed by atoms with E-state index in [4.69, 9.17) is 0 Å². The third-order valence-electron chi connectivity index (χ3n) is 2.78. The summed E-state index contributed by atoms with van der Waals surface area (Å²) in [6, 6.07) is 0. The van der Waals surface area contributed by atoms with Crippen molar-refractivity contribution in [2.24, 2.45) is 0 Å². The summed E-state index contributed by atoms with van der Waals surface area (Å²) in [5, 5.41) is 13.9. The van der Waals surface area contributed by atoms with Crippen LogP contribution in [0.3, 0.4) is 0 Å². The van der Waals surface area contributed by atoms with Gasteiger partial charge in [-0.25, -0.2) is 0 Å². The third-order valence-corrected chi connectivity index (χ3v) is 2.78. The number of rotatable bonds is 6. The molecule has 1 aromatic heterocycles. The molecule has 0 aliphatic rings. The van der Waals surface area contributed by atoms with E-state index >= 15 is 0 Å². The Bertz CT molecular complexity index is 414. The van der Waals surface area contributed by atoms with Gasteiger partial charge in [0.25, 0.3) is 0 Å². The van der Waals surface area contributed by atoms with E-state index in [1.165, 1.54) is 0 Å². The molecular weight excluding hydrogens is 261 g/mol. The Labute approximate surface area is 110 Å². The highest BCUT2D eigenvalue weighted by molar-refractivity contribution is 5.26. The maximum Gasteiger partial charge on any atom is 0.411 e. The predicted octanol–water partition coefficient (Wildman–Crippen LogP) is 2.52. The number of alkyl halides is 3. The Balaban J connectivity index is 2.44. The summed E-state index contributed by atoms with van der Waals surface area (Å²) < 4.78 is 41.8. The molecule has 19 heavy (non-hydrogen) atoms. The molecular formula is C12H19F3N2O2. The first-order valence-corrected chi connectivity index (χ1v) is 6.09. The lowest BCUT2D eigenvalue weighted by Crippen LogP contribution is -2.18. The Hall–Kier alpha value is -1.08. The van der Waals surface area contributed by atoms with Crippen LogP contribution in [-0.4, -0.2) is 34.3 Å². The Morgan fingerprint density at radius 2 is 2.00 bits per heavy atom. The van der Waals surface area contributed by atoms with Crippen molar-refractivity contribution < 1.29 is 23.0 Å². The number of hydrogen-bond donors (Lipinski definition) is 1. The van der Waals surface area contributed by atoms with Gasteiger partial charge in [0, 0.05) is 24.4 Å². The van der Waals surface area contributed by atoms with Crippen LogP contribution in [0.4, 0.5) is 13.2 Å². The number of hydrogen-bond acceptors (Lipinski definition) is 3. The largest absolute Gasteiger partial charge is 0.411 e. The van der Waals surface area contributed by atoms with Gasteiger partial charge in [-0.3, -0.25) is 4.68 Å². The highest BCUT2D eigenvalue weighted by Crippen LogP contribution is 2.21. The molecule has 1 N–H and O–H groups in total. The molecule has 1 rings (SSSR count). The fourth-order valence-corrected chi connectivity index (χ4v) is 2.04. The lowest BCUT2D eigenvalue weighted by molar-refractivity contribution is -0.174. The van der Waals surface area contributed by atoms with Crippen LogP contribution in [0.1, 0.15) is 36.4 Å². The highest BCUT2D eigenvalue weighted by atomic mass is 19.4. The molecule has 1 aromatic rings. The number of halogens is 3. The zero-order chi connectivity index (χ0) is 14.6. The highest BCUT2D eigenvalue weighted by Gasteiger charge is 2.27. The lowest BCUT2D eigenvalue weighted by atomic mass is 10.1. The molecule has 1 unspecified atom stereocenters. The van der Waals surface area contributed by atoms with Gasteiger partial charge in [-0.05, 0) is 27.2 Å². The van der Waals surface area contributed by atoms with Crippen LogP contribution >= 0.6 is 0 Å². The number of aromatic nitrogens is 2. The zero-order valence-corrected chi connectivity index (χ0v) is 11.3. The second kappa shape index (κ2) is 6.38. The second-order valence-electron chi connectivity index (χ2n) is 4.50. The number of ether oxygens (including phenoxy) is 1. The maximum atomic E-state index is 11.8. The van der Waals surface area contributed by atoms with E-state index in [-0.39, 0.29) is 6.61 Å². The zero-order valence-electron chi connectivity index (χ0n) is 11.3. The number of aliphatic hydroxyl groups is 1. The fourth-order valence-electron chi connectivity index (χ4n) is 2.04. The summed E-state index contributed by atoms with van der Waals surface area (Å²) in [5.41, 5.74) is 2.35. The van der Waals surface area contributed by atoms with Gasteiger partial charge in [0.05, 0.1) is 11.8 Å². The maximum absolute atomic E-state index is 11.8. The van der Waals surface area contributed by atoms with Crippen molar-refractivity contribution >= 4 is 0 Å². The average Bonchev–Trinajstić information content (AvgIpc) is 2.51. The van der Waals surface area contributed by atoms with E-state index in [2.05, 4.69) is 9.84 Å². The van der Waals surface area contributed by atoms with Crippen molar-refractivity contribution in [1.82, 2.24) is 9.78 Å². The number of nitrogens with zero attached hydrogens (tertiary/aromatic N) is 2. The lowest BCUT2D eigenvalue weighted by Gasteiger charge is -2.09. The number of aryl methyl sites for hydroxylation is 2. The van der Waals surface area contributed by atoms with Gasteiger partial charge in [0.2, 0.25) is 0 Å². The molecule has 0 aromatic carbocycles. The Kier molecular flexibility index (Phi) is 5.37. The van der Waals surface area contributed by atoms with Gasteiger partial charge in [-0.15, -0.1) is 0 Å². The van der Waals surface area contributed by atoms with Gasteiger partial charge in [0.15, 0.2) is 0 Å². The van der Waals surface area contributed by atoms with Crippen molar-refractivity contribution in [1.29, 1.82) is 0 Å². The van der Waals surface area contributed by atoms with Gasteiger partial charge < -0.3 is 9.84 Å². The monoisotopic (exact) mass is 280 g/mol. The van der Waals surface area contributed by atoms with Crippen molar-refractivity contribution in [2.75, 3.05) is 13.2 Å². The van der Waals surface area contributed by atoms with Crippen molar-refractivity contribution in [3.63, 3.8) is 0 Å². The number of aliphatic hydroxyl groups excluding tert-OH is 1. The molecule has 0 fully saturated rings. The quantitative estimate of drug-likeness (QED) is 0.814. The molecule has 0 aliphatic heterocycles. The SMILES string of the molecule is Cc1nn(CCCOCC(F)(F)F)c(C)c1C(C)O. The summed E-state index contributed by atoms with van der Waals surface area (Å²) in [7, 11) is 0. The molecule has 4 nitrogen and oxygen atoms in total. The van der Waals surface area contributed by atoms with Crippen LogP contribution in [-0.2, 0) is 11.3 Å². The standard InChI is InChI=1S/C12H19F3N2O2/c1-8-11(10(3)18)9(2)17(16-8)5-4-6-19-7-12(13,14)15/h10,18H,4-7H2,1-3H3. The molecule has 0 aliphatic carbocycles. The smallest absolute Gasteiger partial charge is 0.389 e. The first-order valence-electron chi connectivity index (χ1n) is 6.09. The summed E-state index contributed by atoms with van der Waals surface area (Å²) in [5.74, 6) is 0. The molecule has 1 atom stereocenters. The minimum absolute atomic E-state index is 0.0296. The average molecular weight is 280 g/mol. The van der Waals surface area contributed by atoms with Crippen molar-refractivity contribution in [2.45, 2.75) is 46.0 Å². The van der Waals surface area contributed by atoms with Crippen LogP contribution < -0.4 is 0 Å².